The molecule has 0 fully saturated rings. The minimum absolute atomic E-state index is 0. The molecule has 0 saturated carbocycles. The lowest BCUT2D eigenvalue weighted by Gasteiger charge is -2.15. The molecule has 0 amide bonds. The summed E-state index contributed by atoms with van der Waals surface area (Å²) < 4.78 is 31.4. The van der Waals surface area contributed by atoms with Gasteiger partial charge in [-0.25, -0.2) is 8.78 Å². The number of aromatic amines is 1. The van der Waals surface area contributed by atoms with Crippen LogP contribution in [0.5, 0.6) is 5.75 Å². The molecule has 1 aromatic heterocycles. The van der Waals surface area contributed by atoms with Crippen LogP contribution >= 0.6 is 12.4 Å². The van der Waals surface area contributed by atoms with Crippen LogP contribution in [0.25, 0.3) is 0 Å². The molecular formula is C14H18ClF2N3O. The molecule has 0 aliphatic rings. The summed E-state index contributed by atoms with van der Waals surface area (Å²) in [5.41, 5.74) is 2.08. The van der Waals surface area contributed by atoms with E-state index in [2.05, 4.69) is 15.5 Å². The maximum atomic E-state index is 13.4. The summed E-state index contributed by atoms with van der Waals surface area (Å²) in [5, 5.41) is 10.0. The number of aryl methyl sites for hydroxylation is 1. The lowest BCUT2D eigenvalue weighted by molar-refractivity contribution is 0.260. The third-order valence-corrected chi connectivity index (χ3v) is 2.96. The molecule has 1 heterocycles. The van der Waals surface area contributed by atoms with Gasteiger partial charge in [0.2, 0.25) is 0 Å². The lowest BCUT2D eigenvalue weighted by Crippen LogP contribution is -2.31. The van der Waals surface area contributed by atoms with Crippen molar-refractivity contribution in [3.05, 3.63) is 47.3 Å². The Labute approximate surface area is 128 Å². The van der Waals surface area contributed by atoms with E-state index in [-0.39, 0.29) is 24.2 Å². The van der Waals surface area contributed by atoms with Crippen LogP contribution in [0, 0.1) is 18.6 Å². The van der Waals surface area contributed by atoms with Crippen LogP contribution in [0.4, 0.5) is 8.78 Å². The molecule has 7 heteroatoms. The molecule has 0 saturated heterocycles. The quantitative estimate of drug-likeness (QED) is 0.861. The minimum atomic E-state index is -0.692. The number of halogens is 3. The minimum Gasteiger partial charge on any atom is -0.489 e. The molecule has 21 heavy (non-hydrogen) atoms. The zero-order chi connectivity index (χ0) is 14.5. The summed E-state index contributed by atoms with van der Waals surface area (Å²) in [6, 6.07) is 3.29. The van der Waals surface area contributed by atoms with Crippen LogP contribution in [-0.2, 0) is 6.54 Å². The zero-order valence-electron chi connectivity index (χ0n) is 11.8. The smallest absolute Gasteiger partial charge is 0.167 e. The van der Waals surface area contributed by atoms with E-state index in [4.69, 9.17) is 4.74 Å². The van der Waals surface area contributed by atoms with Crippen LogP contribution in [0.15, 0.2) is 24.4 Å². The van der Waals surface area contributed by atoms with Crippen molar-refractivity contribution in [1.29, 1.82) is 0 Å². The molecule has 2 rings (SSSR count). The van der Waals surface area contributed by atoms with Crippen molar-refractivity contribution >= 4 is 12.4 Å². The molecule has 2 aromatic rings. The number of nitrogens with one attached hydrogen (secondary N) is 2. The van der Waals surface area contributed by atoms with Gasteiger partial charge in [0.05, 0.1) is 6.20 Å². The summed E-state index contributed by atoms with van der Waals surface area (Å²) in [6.07, 6.45) is 1.76. The Morgan fingerprint density at radius 2 is 2.14 bits per heavy atom. The molecule has 0 aliphatic carbocycles. The molecule has 0 aliphatic heterocycles. The van der Waals surface area contributed by atoms with Crippen LogP contribution in [0.1, 0.15) is 18.2 Å². The molecule has 4 nitrogen and oxygen atoms in total. The molecule has 2 N–H and O–H groups in total. The van der Waals surface area contributed by atoms with E-state index in [1.54, 1.807) is 6.20 Å². The second kappa shape index (κ2) is 7.95. The van der Waals surface area contributed by atoms with Gasteiger partial charge in [-0.3, -0.25) is 5.10 Å². The van der Waals surface area contributed by atoms with Crippen molar-refractivity contribution in [3.8, 4) is 5.75 Å². The number of hydrogen-bond acceptors (Lipinski definition) is 3. The molecule has 116 valence electrons. The maximum absolute atomic E-state index is 13.4. The van der Waals surface area contributed by atoms with E-state index in [0.29, 0.717) is 13.2 Å². The highest BCUT2D eigenvalue weighted by Gasteiger charge is 2.08. The molecular weight excluding hydrogens is 300 g/mol. The Morgan fingerprint density at radius 1 is 1.38 bits per heavy atom. The molecule has 1 unspecified atom stereocenters. The second-order valence-electron chi connectivity index (χ2n) is 4.69. The van der Waals surface area contributed by atoms with Crippen LogP contribution in [0.3, 0.4) is 0 Å². The summed E-state index contributed by atoms with van der Waals surface area (Å²) in [7, 11) is 0. The van der Waals surface area contributed by atoms with Crippen LogP contribution < -0.4 is 10.1 Å². The van der Waals surface area contributed by atoms with E-state index >= 15 is 0 Å². The van der Waals surface area contributed by atoms with Crippen molar-refractivity contribution in [2.24, 2.45) is 0 Å². The fourth-order valence-electron chi connectivity index (χ4n) is 1.70. The number of H-pyrrole nitrogens is 1. The number of hydrogen-bond donors (Lipinski definition) is 2. The lowest BCUT2D eigenvalue weighted by atomic mass is 10.2. The first-order chi connectivity index (χ1) is 9.56. The summed E-state index contributed by atoms with van der Waals surface area (Å²) in [6.45, 7) is 4.81. The van der Waals surface area contributed by atoms with Gasteiger partial charge in [0.25, 0.3) is 0 Å². The van der Waals surface area contributed by atoms with E-state index in [1.807, 2.05) is 13.8 Å². The third-order valence-electron chi connectivity index (χ3n) is 2.96. The van der Waals surface area contributed by atoms with E-state index in [9.17, 15) is 8.78 Å². The standard InChI is InChI=1S/C14H17F2N3O.ClH/c1-9(17-6-11-7-18-19-10(11)2)8-20-14-4-3-12(15)5-13(14)16;/h3-5,7,9,17H,6,8H2,1-2H3,(H,18,19);1H. The topological polar surface area (TPSA) is 49.9 Å². The Bertz CT molecular complexity index is 577. The Hall–Kier alpha value is -1.66. The maximum Gasteiger partial charge on any atom is 0.167 e. The fraction of sp³-hybridized carbons (Fsp3) is 0.357. The second-order valence-corrected chi connectivity index (χ2v) is 4.69. The number of benzene rings is 1. The molecule has 0 radical (unpaired) electrons. The summed E-state index contributed by atoms with van der Waals surface area (Å²) in [5.74, 6) is -1.25. The zero-order valence-corrected chi connectivity index (χ0v) is 12.6. The molecule has 1 atom stereocenters. The molecule has 0 spiro atoms. The summed E-state index contributed by atoms with van der Waals surface area (Å²) in [4.78, 5) is 0. The van der Waals surface area contributed by atoms with Crippen molar-refractivity contribution < 1.29 is 13.5 Å². The highest BCUT2D eigenvalue weighted by Crippen LogP contribution is 2.17. The predicted molar refractivity (Wildman–Crippen MR) is 78.7 cm³/mol. The number of ether oxygens (including phenoxy) is 1. The first-order valence-electron chi connectivity index (χ1n) is 6.36. The van der Waals surface area contributed by atoms with Gasteiger partial charge in [-0.2, -0.15) is 5.10 Å². The highest BCUT2D eigenvalue weighted by atomic mass is 35.5. The van der Waals surface area contributed by atoms with Crippen molar-refractivity contribution in [1.82, 2.24) is 15.5 Å². The van der Waals surface area contributed by atoms with Gasteiger partial charge in [-0.15, -0.1) is 12.4 Å². The monoisotopic (exact) mass is 317 g/mol. The van der Waals surface area contributed by atoms with Crippen LogP contribution in [0.2, 0.25) is 0 Å². The first-order valence-corrected chi connectivity index (χ1v) is 6.36. The SMILES string of the molecule is Cc1[nH]ncc1CNC(C)COc1ccc(F)cc1F.Cl. The molecule has 0 bridgehead atoms. The van der Waals surface area contributed by atoms with Gasteiger partial charge in [0.15, 0.2) is 11.6 Å². The number of rotatable bonds is 6. The van der Waals surface area contributed by atoms with Crippen molar-refractivity contribution in [2.75, 3.05) is 6.61 Å². The third kappa shape index (κ3) is 4.99. The summed E-state index contributed by atoms with van der Waals surface area (Å²) >= 11 is 0. The first kappa shape index (κ1) is 17.4. The fourth-order valence-corrected chi connectivity index (χ4v) is 1.70. The van der Waals surface area contributed by atoms with Gasteiger partial charge < -0.3 is 10.1 Å². The van der Waals surface area contributed by atoms with E-state index in [1.165, 1.54) is 12.1 Å². The van der Waals surface area contributed by atoms with E-state index < -0.39 is 11.6 Å². The van der Waals surface area contributed by atoms with Crippen molar-refractivity contribution in [3.63, 3.8) is 0 Å². The van der Waals surface area contributed by atoms with E-state index in [0.717, 1.165) is 17.3 Å². The Morgan fingerprint density at radius 3 is 2.76 bits per heavy atom. The highest BCUT2D eigenvalue weighted by molar-refractivity contribution is 5.85. The number of nitrogens with zero attached hydrogens (tertiary/aromatic N) is 1. The van der Waals surface area contributed by atoms with Gasteiger partial charge >= 0.3 is 0 Å². The normalized spacial score (nSPS) is 11.8. The predicted octanol–water partition coefficient (Wildman–Crippen LogP) is 2.98. The van der Waals surface area contributed by atoms with Gasteiger partial charge in [0, 0.05) is 29.9 Å². The largest absolute Gasteiger partial charge is 0.489 e. The van der Waals surface area contributed by atoms with Crippen LogP contribution in [-0.4, -0.2) is 22.8 Å². The Kier molecular flexibility index (Phi) is 6.58. The van der Waals surface area contributed by atoms with Gasteiger partial charge in [0.1, 0.15) is 12.4 Å². The average molecular weight is 318 g/mol. The molecule has 1 aromatic carbocycles. The number of aromatic nitrogens is 2. The average Bonchev–Trinajstić information content (AvgIpc) is 2.81. The van der Waals surface area contributed by atoms with Gasteiger partial charge in [-0.05, 0) is 26.0 Å². The van der Waals surface area contributed by atoms with Crippen molar-refractivity contribution in [2.45, 2.75) is 26.4 Å². The van der Waals surface area contributed by atoms with Gasteiger partial charge in [-0.1, -0.05) is 0 Å². The Balaban J connectivity index is 0.00000220.